The molecule has 98 valence electrons. The van der Waals surface area contributed by atoms with Gasteiger partial charge in [0.15, 0.2) is 0 Å². The van der Waals surface area contributed by atoms with Crippen LogP contribution >= 0.6 is 0 Å². The van der Waals surface area contributed by atoms with Gasteiger partial charge in [0.25, 0.3) is 0 Å². The van der Waals surface area contributed by atoms with Gasteiger partial charge in [-0.25, -0.2) is 0 Å². The molecule has 1 amide bonds. The van der Waals surface area contributed by atoms with Crippen molar-refractivity contribution in [2.24, 2.45) is 0 Å². The Balaban J connectivity index is 2.66. The summed E-state index contributed by atoms with van der Waals surface area (Å²) in [5.74, 6) is 0.113. The van der Waals surface area contributed by atoms with Gasteiger partial charge in [-0.15, -0.1) is 0 Å². The molecule has 0 atom stereocenters. The smallest absolute Gasteiger partial charge is 0.242 e. The minimum atomic E-state index is 0.113. The lowest BCUT2D eigenvalue weighted by Crippen LogP contribution is -2.38. The van der Waals surface area contributed by atoms with Gasteiger partial charge in [-0.2, -0.15) is 0 Å². The largest absolute Gasteiger partial charge is 0.365 e. The monoisotopic (exact) mass is 248 g/mol. The molecule has 0 fully saturated rings. The van der Waals surface area contributed by atoms with Crippen LogP contribution in [0.3, 0.4) is 0 Å². The summed E-state index contributed by atoms with van der Waals surface area (Å²) in [6.07, 6.45) is 0.810. The van der Waals surface area contributed by atoms with E-state index in [1.54, 1.807) is 17.0 Å². The van der Waals surface area contributed by atoms with Crippen LogP contribution in [0.1, 0.15) is 24.2 Å². The van der Waals surface area contributed by atoms with Gasteiger partial charge in [0.1, 0.15) is 6.29 Å². The lowest BCUT2D eigenvalue weighted by atomic mass is 10.2. The number of carbonyl (C=O) groups is 2. The zero-order valence-corrected chi connectivity index (χ0v) is 11.2. The molecule has 0 heterocycles. The van der Waals surface area contributed by atoms with E-state index in [0.29, 0.717) is 12.1 Å². The molecule has 1 rings (SSSR count). The zero-order valence-electron chi connectivity index (χ0n) is 11.2. The number of amides is 1. The highest BCUT2D eigenvalue weighted by Gasteiger charge is 2.12. The fraction of sp³-hybridized carbons (Fsp3) is 0.429. The van der Waals surface area contributed by atoms with Gasteiger partial charge in [-0.05, 0) is 38.1 Å². The molecule has 4 heteroatoms. The maximum Gasteiger partial charge on any atom is 0.242 e. The van der Waals surface area contributed by atoms with E-state index >= 15 is 0 Å². The van der Waals surface area contributed by atoms with E-state index < -0.39 is 0 Å². The first-order valence-electron chi connectivity index (χ1n) is 6.16. The average molecular weight is 248 g/mol. The van der Waals surface area contributed by atoms with Gasteiger partial charge in [0.2, 0.25) is 5.91 Å². The summed E-state index contributed by atoms with van der Waals surface area (Å²) in [5, 5.41) is 0. The number of nitrogens with zero attached hydrogens (tertiary/aromatic N) is 2. The van der Waals surface area contributed by atoms with Crippen molar-refractivity contribution in [1.82, 2.24) is 4.90 Å². The van der Waals surface area contributed by atoms with Crippen LogP contribution in [-0.4, -0.2) is 43.8 Å². The van der Waals surface area contributed by atoms with Crippen molar-refractivity contribution in [3.8, 4) is 0 Å². The lowest BCUT2D eigenvalue weighted by molar-refractivity contribution is -0.129. The maximum absolute atomic E-state index is 11.9. The van der Waals surface area contributed by atoms with E-state index in [4.69, 9.17) is 0 Å². The van der Waals surface area contributed by atoms with E-state index in [9.17, 15) is 9.59 Å². The summed E-state index contributed by atoms with van der Waals surface area (Å²) in [6, 6.07) is 7.19. The highest BCUT2D eigenvalue weighted by molar-refractivity contribution is 5.82. The second-order valence-electron chi connectivity index (χ2n) is 4.13. The van der Waals surface area contributed by atoms with Crippen molar-refractivity contribution in [2.75, 3.05) is 31.6 Å². The van der Waals surface area contributed by atoms with Crippen LogP contribution in [0.15, 0.2) is 24.3 Å². The Labute approximate surface area is 108 Å². The van der Waals surface area contributed by atoms with Crippen molar-refractivity contribution in [3.63, 3.8) is 0 Å². The van der Waals surface area contributed by atoms with Crippen LogP contribution < -0.4 is 4.90 Å². The van der Waals surface area contributed by atoms with Gasteiger partial charge >= 0.3 is 0 Å². The molecular weight excluding hydrogens is 228 g/mol. The van der Waals surface area contributed by atoms with Crippen molar-refractivity contribution >= 4 is 17.9 Å². The summed E-state index contributed by atoms with van der Waals surface area (Å²) >= 11 is 0. The molecule has 0 saturated heterocycles. The van der Waals surface area contributed by atoms with E-state index in [0.717, 1.165) is 25.1 Å². The minimum Gasteiger partial charge on any atom is -0.365 e. The van der Waals surface area contributed by atoms with Crippen molar-refractivity contribution in [1.29, 1.82) is 0 Å². The van der Waals surface area contributed by atoms with E-state index in [1.807, 2.05) is 37.9 Å². The molecule has 1 aromatic rings. The Morgan fingerprint density at radius 2 is 1.72 bits per heavy atom. The van der Waals surface area contributed by atoms with Crippen molar-refractivity contribution in [2.45, 2.75) is 13.8 Å². The van der Waals surface area contributed by atoms with Crippen LogP contribution in [-0.2, 0) is 4.79 Å². The number of aldehydes is 1. The summed E-state index contributed by atoms with van der Waals surface area (Å²) in [6.45, 7) is 5.75. The summed E-state index contributed by atoms with van der Waals surface area (Å²) in [4.78, 5) is 26.2. The first kappa shape index (κ1) is 14.2. The minimum absolute atomic E-state index is 0.113. The fourth-order valence-corrected chi connectivity index (χ4v) is 1.78. The molecule has 0 radical (unpaired) electrons. The number of hydrogen-bond acceptors (Lipinski definition) is 3. The Morgan fingerprint density at radius 3 is 2.17 bits per heavy atom. The molecule has 0 spiro atoms. The topological polar surface area (TPSA) is 40.6 Å². The Bertz CT molecular complexity index is 397. The second-order valence-corrected chi connectivity index (χ2v) is 4.13. The third-order valence-electron chi connectivity index (χ3n) is 2.96. The molecule has 0 aliphatic heterocycles. The van der Waals surface area contributed by atoms with Crippen molar-refractivity contribution < 1.29 is 9.59 Å². The number of hydrogen-bond donors (Lipinski definition) is 0. The molecule has 0 aromatic heterocycles. The molecule has 0 bridgehead atoms. The fourth-order valence-electron chi connectivity index (χ4n) is 1.78. The van der Waals surface area contributed by atoms with Crippen LogP contribution in [0.2, 0.25) is 0 Å². The normalized spacial score (nSPS) is 9.94. The number of likely N-dealkylation sites (N-methyl/N-ethyl adjacent to an activating group) is 2. The maximum atomic E-state index is 11.9. The average Bonchev–Trinajstić information content (AvgIpc) is 2.40. The highest BCUT2D eigenvalue weighted by Crippen LogP contribution is 2.13. The molecular formula is C14H20N2O2. The van der Waals surface area contributed by atoms with Gasteiger partial charge in [-0.1, -0.05) is 0 Å². The zero-order chi connectivity index (χ0) is 13.5. The third kappa shape index (κ3) is 3.58. The Morgan fingerprint density at radius 1 is 1.17 bits per heavy atom. The first-order valence-corrected chi connectivity index (χ1v) is 6.16. The Kier molecular flexibility index (Phi) is 5.36. The number of anilines is 1. The Hall–Kier alpha value is -1.84. The van der Waals surface area contributed by atoms with Crippen LogP contribution in [0.25, 0.3) is 0 Å². The first-order chi connectivity index (χ1) is 8.62. The SMILES string of the molecule is CCN(CC)C(=O)CN(C)c1ccc(C=O)cc1. The van der Waals surface area contributed by atoms with Crippen LogP contribution in [0.4, 0.5) is 5.69 Å². The van der Waals surface area contributed by atoms with Gasteiger partial charge in [0.05, 0.1) is 6.54 Å². The van der Waals surface area contributed by atoms with Crippen molar-refractivity contribution in [3.05, 3.63) is 29.8 Å². The van der Waals surface area contributed by atoms with E-state index in [1.165, 1.54) is 0 Å². The number of carbonyl (C=O) groups excluding carboxylic acids is 2. The van der Waals surface area contributed by atoms with Gasteiger partial charge in [0, 0.05) is 31.4 Å². The van der Waals surface area contributed by atoms with Crippen LogP contribution in [0, 0.1) is 0 Å². The molecule has 0 aliphatic rings. The predicted octanol–water partition coefficient (Wildman–Crippen LogP) is 1.80. The summed E-state index contributed by atoms with van der Waals surface area (Å²) in [5.41, 5.74) is 1.57. The molecule has 0 N–H and O–H groups in total. The molecule has 4 nitrogen and oxygen atoms in total. The molecule has 0 aliphatic carbocycles. The standard InChI is InChI=1S/C14H20N2O2/c1-4-16(5-2)14(18)10-15(3)13-8-6-12(11-17)7-9-13/h6-9,11H,4-5,10H2,1-3H3. The molecule has 1 aromatic carbocycles. The second kappa shape index (κ2) is 6.79. The summed E-state index contributed by atoms with van der Waals surface area (Å²) in [7, 11) is 1.87. The predicted molar refractivity (Wildman–Crippen MR) is 73.0 cm³/mol. The highest BCUT2D eigenvalue weighted by atomic mass is 16.2. The number of benzene rings is 1. The van der Waals surface area contributed by atoms with Gasteiger partial charge in [-0.3, -0.25) is 9.59 Å². The van der Waals surface area contributed by atoms with E-state index in [-0.39, 0.29) is 5.91 Å². The lowest BCUT2D eigenvalue weighted by Gasteiger charge is -2.24. The molecule has 18 heavy (non-hydrogen) atoms. The van der Waals surface area contributed by atoms with Crippen LogP contribution in [0.5, 0.6) is 0 Å². The molecule has 0 unspecified atom stereocenters. The summed E-state index contributed by atoms with van der Waals surface area (Å²) < 4.78 is 0. The molecule has 0 saturated carbocycles. The number of rotatable bonds is 6. The van der Waals surface area contributed by atoms with E-state index in [2.05, 4.69) is 0 Å². The quantitative estimate of drug-likeness (QED) is 0.721. The van der Waals surface area contributed by atoms with Gasteiger partial charge < -0.3 is 9.80 Å². The third-order valence-corrected chi connectivity index (χ3v) is 2.96.